The van der Waals surface area contributed by atoms with E-state index < -0.39 is 11.7 Å². The molecule has 0 unspecified atom stereocenters. The average Bonchev–Trinajstić information content (AvgIpc) is 3.50. The van der Waals surface area contributed by atoms with Gasteiger partial charge < -0.3 is 23.1 Å². The molecule has 3 aromatic heterocycles. The fraction of sp³-hybridized carbons (Fsp3) is 0.161. The summed E-state index contributed by atoms with van der Waals surface area (Å²) in [7, 11) is 0. The predicted octanol–water partition coefficient (Wildman–Crippen LogP) is 7.14. The number of amides is 1. The van der Waals surface area contributed by atoms with Gasteiger partial charge in [-0.2, -0.15) is 0 Å². The Hall–Kier alpha value is -4.82. The van der Waals surface area contributed by atoms with Crippen LogP contribution in [0, 0.1) is 20.8 Å². The first kappa shape index (κ1) is 25.8. The lowest BCUT2D eigenvalue weighted by Crippen LogP contribution is -2.13. The van der Waals surface area contributed by atoms with Crippen LogP contribution in [0.3, 0.4) is 0 Å². The normalized spacial score (nSPS) is 11.0. The molecule has 0 spiro atoms. The van der Waals surface area contributed by atoms with Crippen molar-refractivity contribution < 1.29 is 27.9 Å². The van der Waals surface area contributed by atoms with Crippen molar-refractivity contribution in [1.82, 2.24) is 0 Å². The van der Waals surface area contributed by atoms with Crippen LogP contribution in [0.1, 0.15) is 28.2 Å². The van der Waals surface area contributed by atoms with E-state index in [4.69, 9.17) is 23.1 Å². The second-order valence-corrected chi connectivity index (χ2v) is 9.33. The molecule has 3 aromatic carbocycles. The molecule has 39 heavy (non-hydrogen) atoms. The van der Waals surface area contributed by atoms with Crippen LogP contribution in [0.25, 0.3) is 32.9 Å². The number of fused-ring (bicyclic) bond motifs is 3. The highest BCUT2D eigenvalue weighted by molar-refractivity contribution is 5.90. The van der Waals surface area contributed by atoms with Gasteiger partial charge in [-0.05, 0) is 74.9 Å². The quantitative estimate of drug-likeness (QED) is 0.235. The predicted molar refractivity (Wildman–Crippen MR) is 149 cm³/mol. The summed E-state index contributed by atoms with van der Waals surface area (Å²) in [6.45, 7) is 5.85. The molecular formula is C31H27NO7. The Morgan fingerprint density at radius 3 is 2.08 bits per heavy atom. The summed E-state index contributed by atoms with van der Waals surface area (Å²) >= 11 is 0. The van der Waals surface area contributed by atoms with Gasteiger partial charge in [-0.1, -0.05) is 23.3 Å². The van der Waals surface area contributed by atoms with Gasteiger partial charge in [0.2, 0.25) is 0 Å². The van der Waals surface area contributed by atoms with Crippen molar-refractivity contribution in [2.24, 2.45) is 0 Å². The molecule has 8 nitrogen and oxygen atoms in total. The van der Waals surface area contributed by atoms with Crippen LogP contribution in [0.2, 0.25) is 0 Å². The zero-order valence-corrected chi connectivity index (χ0v) is 21.7. The summed E-state index contributed by atoms with van der Waals surface area (Å²) < 4.78 is 21.4. The molecule has 0 aliphatic rings. The SMILES string of the molecule is Cc1ccc2oc(CO)cc2c1.Cc1ccc2oc(COC(=O)Nc3ccc4c(C)cc(=O)oc4c3)cc2c1. The van der Waals surface area contributed by atoms with E-state index in [1.807, 2.05) is 69.3 Å². The number of nitrogens with one attached hydrogen (secondary N) is 1. The number of aryl methyl sites for hydroxylation is 3. The minimum absolute atomic E-state index is 0.0152. The van der Waals surface area contributed by atoms with Crippen molar-refractivity contribution in [3.05, 3.63) is 111 Å². The third-order valence-corrected chi connectivity index (χ3v) is 6.14. The summed E-state index contributed by atoms with van der Waals surface area (Å²) in [4.78, 5) is 23.6. The van der Waals surface area contributed by atoms with Crippen molar-refractivity contribution in [2.45, 2.75) is 34.0 Å². The number of rotatable bonds is 4. The van der Waals surface area contributed by atoms with Gasteiger partial charge >= 0.3 is 11.7 Å². The molecule has 0 radical (unpaired) electrons. The summed E-state index contributed by atoms with van der Waals surface area (Å²) in [5.74, 6) is 1.18. The summed E-state index contributed by atoms with van der Waals surface area (Å²) in [6, 6.07) is 22.0. The molecule has 0 fully saturated rings. The maximum atomic E-state index is 12.1. The van der Waals surface area contributed by atoms with Crippen molar-refractivity contribution in [1.29, 1.82) is 0 Å². The molecule has 0 aliphatic carbocycles. The first-order valence-corrected chi connectivity index (χ1v) is 12.3. The Balaban J connectivity index is 0.000000214. The highest BCUT2D eigenvalue weighted by atomic mass is 16.6. The van der Waals surface area contributed by atoms with Gasteiger partial charge in [0.05, 0.1) is 0 Å². The van der Waals surface area contributed by atoms with Crippen LogP contribution in [0.5, 0.6) is 0 Å². The molecule has 8 heteroatoms. The standard InChI is InChI=1S/C21H17NO5.C10H10O2/c1-12-3-6-18-14(7-12)9-16(26-18)11-25-21(24)22-15-4-5-17-13(2)8-20(23)27-19(17)10-15;1-7-2-3-10-8(4-7)5-9(6-11)12-10/h3-10H,11H2,1-2H3,(H,22,24);2-5,11H,6H2,1H3. The van der Waals surface area contributed by atoms with Crippen LogP contribution < -0.4 is 10.9 Å². The topological polar surface area (TPSA) is 115 Å². The van der Waals surface area contributed by atoms with Gasteiger partial charge in [0.15, 0.2) is 6.61 Å². The number of hydrogen-bond acceptors (Lipinski definition) is 7. The van der Waals surface area contributed by atoms with Gasteiger partial charge in [-0.3, -0.25) is 5.32 Å². The molecule has 1 amide bonds. The molecule has 6 aromatic rings. The molecule has 0 saturated heterocycles. The van der Waals surface area contributed by atoms with Crippen LogP contribution in [-0.4, -0.2) is 11.2 Å². The Labute approximate surface area is 223 Å². The second kappa shape index (κ2) is 10.9. The molecule has 0 aliphatic heterocycles. The van der Waals surface area contributed by atoms with Crippen molar-refractivity contribution >= 4 is 44.7 Å². The Kier molecular flexibility index (Phi) is 7.21. The number of furan rings is 2. The van der Waals surface area contributed by atoms with Gasteiger partial charge in [0, 0.05) is 34.0 Å². The molecular weight excluding hydrogens is 498 g/mol. The monoisotopic (exact) mass is 525 g/mol. The van der Waals surface area contributed by atoms with Gasteiger partial charge in [0.1, 0.15) is 34.9 Å². The number of benzene rings is 3. The van der Waals surface area contributed by atoms with Gasteiger partial charge in [-0.25, -0.2) is 9.59 Å². The zero-order valence-electron chi connectivity index (χ0n) is 21.7. The number of hydrogen-bond donors (Lipinski definition) is 2. The molecule has 198 valence electrons. The van der Waals surface area contributed by atoms with E-state index in [-0.39, 0.29) is 13.2 Å². The zero-order chi connectivity index (χ0) is 27.5. The molecule has 3 heterocycles. The van der Waals surface area contributed by atoms with Crippen LogP contribution in [0.15, 0.2) is 90.8 Å². The number of aliphatic hydroxyl groups excluding tert-OH is 1. The highest BCUT2D eigenvalue weighted by Crippen LogP contribution is 2.23. The lowest BCUT2D eigenvalue weighted by atomic mass is 10.1. The van der Waals surface area contributed by atoms with Crippen LogP contribution >= 0.6 is 0 Å². The Bertz CT molecular complexity index is 1860. The summed E-state index contributed by atoms with van der Waals surface area (Å²) in [5.41, 5.74) is 5.19. The van der Waals surface area contributed by atoms with Crippen molar-refractivity contribution in [3.63, 3.8) is 0 Å². The van der Waals surface area contributed by atoms with Crippen molar-refractivity contribution in [3.8, 4) is 0 Å². The lowest BCUT2D eigenvalue weighted by Gasteiger charge is -2.07. The fourth-order valence-electron chi connectivity index (χ4n) is 4.28. The maximum Gasteiger partial charge on any atom is 0.412 e. The first-order chi connectivity index (χ1) is 18.8. The van der Waals surface area contributed by atoms with Crippen LogP contribution in [0.4, 0.5) is 10.5 Å². The van der Waals surface area contributed by atoms with Gasteiger partial charge in [-0.15, -0.1) is 0 Å². The fourth-order valence-corrected chi connectivity index (χ4v) is 4.28. The molecule has 2 N–H and O–H groups in total. The first-order valence-electron chi connectivity index (χ1n) is 12.3. The Morgan fingerprint density at radius 2 is 1.41 bits per heavy atom. The Morgan fingerprint density at radius 1 is 0.769 bits per heavy atom. The third-order valence-electron chi connectivity index (χ3n) is 6.14. The molecule has 0 saturated carbocycles. The summed E-state index contributed by atoms with van der Waals surface area (Å²) in [6.07, 6.45) is -0.624. The van der Waals surface area contributed by atoms with E-state index in [0.717, 1.165) is 38.5 Å². The summed E-state index contributed by atoms with van der Waals surface area (Å²) in [5, 5.41) is 14.3. The number of aliphatic hydroxyl groups is 1. The van der Waals surface area contributed by atoms with E-state index in [2.05, 4.69) is 5.32 Å². The van der Waals surface area contributed by atoms with Crippen LogP contribution in [-0.2, 0) is 18.0 Å². The van der Waals surface area contributed by atoms with E-state index in [0.29, 0.717) is 22.8 Å². The number of ether oxygens (including phenoxy) is 1. The number of carbonyl (C=O) groups is 1. The largest absolute Gasteiger partial charge is 0.459 e. The lowest BCUT2D eigenvalue weighted by molar-refractivity contribution is 0.147. The minimum atomic E-state index is -0.624. The van der Waals surface area contributed by atoms with E-state index in [1.165, 1.54) is 11.6 Å². The smallest absolute Gasteiger partial charge is 0.412 e. The maximum absolute atomic E-state index is 12.1. The molecule has 0 atom stereocenters. The third kappa shape index (κ3) is 6.02. The second-order valence-electron chi connectivity index (χ2n) is 9.33. The number of carbonyl (C=O) groups excluding carboxylic acids is 1. The molecule has 0 bridgehead atoms. The van der Waals surface area contributed by atoms with E-state index >= 15 is 0 Å². The highest BCUT2D eigenvalue weighted by Gasteiger charge is 2.10. The van der Waals surface area contributed by atoms with Gasteiger partial charge in [0.25, 0.3) is 0 Å². The average molecular weight is 526 g/mol. The van der Waals surface area contributed by atoms with E-state index in [1.54, 1.807) is 18.2 Å². The number of anilines is 1. The minimum Gasteiger partial charge on any atom is -0.459 e. The van der Waals surface area contributed by atoms with Crippen molar-refractivity contribution in [2.75, 3.05) is 5.32 Å². The molecule has 6 rings (SSSR count). The van der Waals surface area contributed by atoms with E-state index in [9.17, 15) is 9.59 Å².